The second kappa shape index (κ2) is 3.48. The summed E-state index contributed by atoms with van der Waals surface area (Å²) in [4.78, 5) is 0. The minimum absolute atomic E-state index is 0.0790. The van der Waals surface area contributed by atoms with Crippen LogP contribution < -0.4 is 5.32 Å². The molecule has 0 amide bonds. The number of rotatable bonds is 3. The van der Waals surface area contributed by atoms with Gasteiger partial charge in [0.05, 0.1) is 17.6 Å². The molecule has 0 aromatic rings. The summed E-state index contributed by atoms with van der Waals surface area (Å²) in [7, 11) is -3.02. The van der Waals surface area contributed by atoms with E-state index in [9.17, 15) is 8.42 Å². The number of nitrogens with one attached hydrogen (secondary N) is 1. The van der Waals surface area contributed by atoms with Gasteiger partial charge in [0.2, 0.25) is 0 Å². The summed E-state index contributed by atoms with van der Waals surface area (Å²) < 4.78 is 22.3. The highest BCUT2D eigenvalue weighted by Crippen LogP contribution is 2.22. The van der Waals surface area contributed by atoms with Crippen LogP contribution in [0.5, 0.6) is 0 Å². The SMILES string of the molecule is C=CCNC1(C#N)CCS(=O)(=O)C1. The second-order valence-electron chi connectivity index (χ2n) is 3.21. The summed E-state index contributed by atoms with van der Waals surface area (Å²) in [5.41, 5.74) is -0.882. The fraction of sp³-hybridized carbons (Fsp3) is 0.625. The molecule has 0 aromatic heterocycles. The number of sulfone groups is 1. The molecule has 0 aromatic carbocycles. The molecular weight excluding hydrogens is 188 g/mol. The van der Waals surface area contributed by atoms with Crippen molar-refractivity contribution in [3.05, 3.63) is 12.7 Å². The van der Waals surface area contributed by atoms with Crippen molar-refractivity contribution in [2.45, 2.75) is 12.0 Å². The average molecular weight is 200 g/mol. The van der Waals surface area contributed by atoms with Crippen LogP contribution in [0.4, 0.5) is 0 Å². The molecule has 1 atom stereocenters. The van der Waals surface area contributed by atoms with E-state index in [1.807, 2.05) is 6.07 Å². The van der Waals surface area contributed by atoms with E-state index in [1.165, 1.54) is 0 Å². The van der Waals surface area contributed by atoms with Crippen LogP contribution in [0.1, 0.15) is 6.42 Å². The van der Waals surface area contributed by atoms with Crippen LogP contribution in [-0.2, 0) is 9.84 Å². The Labute approximate surface area is 78.2 Å². The lowest BCUT2D eigenvalue weighted by Gasteiger charge is -2.19. The Morgan fingerprint density at radius 3 is 2.77 bits per heavy atom. The molecule has 1 rings (SSSR count). The van der Waals surface area contributed by atoms with Crippen molar-refractivity contribution in [2.75, 3.05) is 18.1 Å². The Morgan fingerprint density at radius 1 is 1.69 bits per heavy atom. The van der Waals surface area contributed by atoms with E-state index >= 15 is 0 Å². The van der Waals surface area contributed by atoms with Gasteiger partial charge in [-0.25, -0.2) is 8.42 Å². The topological polar surface area (TPSA) is 70.0 Å². The molecular formula is C8H12N2O2S. The van der Waals surface area contributed by atoms with E-state index in [1.54, 1.807) is 6.08 Å². The van der Waals surface area contributed by atoms with Crippen molar-refractivity contribution >= 4 is 9.84 Å². The molecule has 1 fully saturated rings. The van der Waals surface area contributed by atoms with Gasteiger partial charge in [-0.3, -0.25) is 5.32 Å². The van der Waals surface area contributed by atoms with E-state index in [2.05, 4.69) is 11.9 Å². The van der Waals surface area contributed by atoms with Crippen molar-refractivity contribution < 1.29 is 8.42 Å². The van der Waals surface area contributed by atoms with E-state index < -0.39 is 15.4 Å². The molecule has 0 bridgehead atoms. The van der Waals surface area contributed by atoms with E-state index in [0.717, 1.165) is 0 Å². The Bertz CT molecular complexity index is 342. The first-order valence-corrected chi connectivity index (χ1v) is 5.83. The molecule has 0 radical (unpaired) electrons. The van der Waals surface area contributed by atoms with Gasteiger partial charge in [-0.1, -0.05) is 6.08 Å². The van der Waals surface area contributed by atoms with Gasteiger partial charge < -0.3 is 0 Å². The molecule has 4 nitrogen and oxygen atoms in total. The van der Waals surface area contributed by atoms with Crippen LogP contribution in [0, 0.1) is 11.3 Å². The first-order valence-electron chi connectivity index (χ1n) is 4.01. The van der Waals surface area contributed by atoms with Crippen LogP contribution in [0.15, 0.2) is 12.7 Å². The lowest BCUT2D eigenvalue weighted by molar-refractivity contribution is 0.481. The maximum absolute atomic E-state index is 11.2. The highest BCUT2D eigenvalue weighted by atomic mass is 32.2. The second-order valence-corrected chi connectivity index (χ2v) is 5.39. The largest absolute Gasteiger partial charge is 0.295 e. The fourth-order valence-electron chi connectivity index (χ4n) is 1.38. The zero-order valence-electron chi connectivity index (χ0n) is 7.28. The molecule has 1 N–H and O–H groups in total. The van der Waals surface area contributed by atoms with E-state index in [4.69, 9.17) is 5.26 Å². The molecule has 0 aliphatic carbocycles. The van der Waals surface area contributed by atoms with Gasteiger partial charge in [0.1, 0.15) is 5.54 Å². The molecule has 1 saturated heterocycles. The minimum atomic E-state index is -3.02. The van der Waals surface area contributed by atoms with Crippen molar-refractivity contribution in [3.8, 4) is 6.07 Å². The van der Waals surface area contributed by atoms with Gasteiger partial charge in [-0.2, -0.15) is 5.26 Å². The summed E-state index contributed by atoms with van der Waals surface area (Å²) in [5, 5.41) is 11.8. The van der Waals surface area contributed by atoms with Gasteiger partial charge >= 0.3 is 0 Å². The Kier molecular flexibility index (Phi) is 2.74. The smallest absolute Gasteiger partial charge is 0.153 e. The molecule has 1 heterocycles. The normalized spacial score (nSPS) is 31.0. The number of nitriles is 1. The number of nitrogens with zero attached hydrogens (tertiary/aromatic N) is 1. The molecule has 1 aliphatic rings. The summed E-state index contributed by atoms with van der Waals surface area (Å²) in [5.74, 6) is 0.0229. The quantitative estimate of drug-likeness (QED) is 0.643. The van der Waals surface area contributed by atoms with Crippen molar-refractivity contribution in [2.24, 2.45) is 0 Å². The predicted octanol–water partition coefficient (Wildman–Crippen LogP) is -0.157. The van der Waals surface area contributed by atoms with E-state index in [-0.39, 0.29) is 11.5 Å². The number of hydrogen-bond donors (Lipinski definition) is 1. The van der Waals surface area contributed by atoms with E-state index in [0.29, 0.717) is 13.0 Å². The van der Waals surface area contributed by atoms with Gasteiger partial charge in [-0.15, -0.1) is 6.58 Å². The third-order valence-corrected chi connectivity index (χ3v) is 3.86. The Hall–Kier alpha value is -0.860. The first-order chi connectivity index (χ1) is 6.04. The van der Waals surface area contributed by atoms with Gasteiger partial charge in [0, 0.05) is 6.54 Å². The maximum Gasteiger partial charge on any atom is 0.153 e. The highest BCUT2D eigenvalue weighted by Gasteiger charge is 2.41. The first kappa shape index (κ1) is 10.2. The van der Waals surface area contributed by atoms with Crippen molar-refractivity contribution in [3.63, 3.8) is 0 Å². The van der Waals surface area contributed by atoms with Crippen molar-refractivity contribution in [1.82, 2.24) is 5.32 Å². The minimum Gasteiger partial charge on any atom is -0.295 e. The Morgan fingerprint density at radius 2 is 2.38 bits per heavy atom. The zero-order chi connectivity index (χ0) is 9.95. The monoisotopic (exact) mass is 200 g/mol. The lowest BCUT2D eigenvalue weighted by atomic mass is 10.0. The third kappa shape index (κ3) is 2.29. The highest BCUT2D eigenvalue weighted by molar-refractivity contribution is 7.91. The van der Waals surface area contributed by atoms with Crippen LogP contribution in [0.2, 0.25) is 0 Å². The average Bonchev–Trinajstić information content (AvgIpc) is 2.40. The lowest BCUT2D eigenvalue weighted by Crippen LogP contribution is -2.45. The maximum atomic E-state index is 11.2. The van der Waals surface area contributed by atoms with Gasteiger partial charge in [0.25, 0.3) is 0 Å². The van der Waals surface area contributed by atoms with Crippen LogP contribution in [0.25, 0.3) is 0 Å². The summed E-state index contributed by atoms with van der Waals surface area (Å²) in [6.45, 7) is 3.96. The van der Waals surface area contributed by atoms with Crippen molar-refractivity contribution in [1.29, 1.82) is 5.26 Å². The van der Waals surface area contributed by atoms with Crippen LogP contribution in [0.3, 0.4) is 0 Å². The zero-order valence-corrected chi connectivity index (χ0v) is 8.10. The summed E-state index contributed by atoms with van der Waals surface area (Å²) in [6, 6.07) is 2.03. The number of hydrogen-bond acceptors (Lipinski definition) is 4. The van der Waals surface area contributed by atoms with Gasteiger partial charge in [0.15, 0.2) is 9.84 Å². The summed E-state index contributed by atoms with van der Waals surface area (Å²) >= 11 is 0. The molecule has 13 heavy (non-hydrogen) atoms. The third-order valence-electron chi connectivity index (χ3n) is 2.10. The van der Waals surface area contributed by atoms with Gasteiger partial charge in [-0.05, 0) is 6.42 Å². The fourth-order valence-corrected chi connectivity index (χ4v) is 3.25. The molecule has 5 heteroatoms. The Balaban J connectivity index is 2.75. The molecule has 1 unspecified atom stereocenters. The summed E-state index contributed by atoms with van der Waals surface area (Å²) in [6.07, 6.45) is 1.99. The molecule has 0 spiro atoms. The molecule has 72 valence electrons. The molecule has 1 aliphatic heterocycles. The molecule has 0 saturated carbocycles. The standard InChI is InChI=1S/C8H12N2O2S/c1-2-4-10-8(6-9)3-5-13(11,12)7-8/h2,10H,1,3-5,7H2. The predicted molar refractivity (Wildman–Crippen MR) is 49.8 cm³/mol. The van der Waals surface area contributed by atoms with Crippen LogP contribution in [-0.4, -0.2) is 32.0 Å². The van der Waals surface area contributed by atoms with Crippen LogP contribution >= 0.6 is 0 Å².